The Kier molecular flexibility index (Phi) is 6.05. The summed E-state index contributed by atoms with van der Waals surface area (Å²) in [4.78, 5) is 17.2. The van der Waals surface area contributed by atoms with Crippen LogP contribution in [-0.4, -0.2) is 36.2 Å². The van der Waals surface area contributed by atoms with Gasteiger partial charge in [-0.05, 0) is 68.5 Å². The second kappa shape index (κ2) is 8.26. The van der Waals surface area contributed by atoms with Gasteiger partial charge in [-0.15, -0.1) is 11.3 Å². The molecule has 0 radical (unpaired) electrons. The van der Waals surface area contributed by atoms with Crippen LogP contribution in [0.4, 0.5) is 0 Å². The molecule has 0 bridgehead atoms. The first-order valence-corrected chi connectivity index (χ1v) is 9.97. The highest BCUT2D eigenvalue weighted by Crippen LogP contribution is 2.33. The van der Waals surface area contributed by atoms with Crippen molar-refractivity contribution in [3.8, 4) is 0 Å². The number of Topliss-reactive ketones (excluding diaryl/α,β-unsaturated/α-hetero) is 1. The van der Waals surface area contributed by atoms with Crippen molar-refractivity contribution in [2.24, 2.45) is 0 Å². The van der Waals surface area contributed by atoms with Crippen LogP contribution in [0, 0.1) is 0 Å². The van der Waals surface area contributed by atoms with E-state index in [1.807, 2.05) is 0 Å². The summed E-state index contributed by atoms with van der Waals surface area (Å²) >= 11 is 1.57. The lowest BCUT2D eigenvalue weighted by atomic mass is 9.94. The third-order valence-electron chi connectivity index (χ3n) is 4.86. The maximum Gasteiger partial charge on any atom is 0.169 e. The van der Waals surface area contributed by atoms with Gasteiger partial charge in [0.1, 0.15) is 0 Å². The van der Waals surface area contributed by atoms with Crippen LogP contribution >= 0.6 is 11.3 Å². The Bertz CT molecular complexity index is 705. The van der Waals surface area contributed by atoms with Gasteiger partial charge in [0, 0.05) is 19.1 Å². The van der Waals surface area contributed by atoms with Crippen molar-refractivity contribution < 1.29 is 4.79 Å². The topological polar surface area (TPSA) is 23.6 Å². The summed E-state index contributed by atoms with van der Waals surface area (Å²) in [5, 5.41) is 2.14. The van der Waals surface area contributed by atoms with Crippen molar-refractivity contribution in [3.05, 3.63) is 57.3 Å². The van der Waals surface area contributed by atoms with E-state index in [0.29, 0.717) is 6.04 Å². The average Bonchev–Trinajstić information content (AvgIpc) is 3.05. The van der Waals surface area contributed by atoms with Crippen LogP contribution in [0.3, 0.4) is 0 Å². The van der Waals surface area contributed by atoms with E-state index < -0.39 is 0 Å². The number of piperidine rings is 1. The van der Waals surface area contributed by atoms with Gasteiger partial charge in [0.2, 0.25) is 0 Å². The lowest BCUT2D eigenvalue weighted by molar-refractivity contribution is 0.102. The molecule has 1 aliphatic rings. The van der Waals surface area contributed by atoms with E-state index in [1.54, 1.807) is 18.3 Å². The Balaban J connectivity index is 1.72. The Morgan fingerprint density at radius 1 is 1.20 bits per heavy atom. The minimum absolute atomic E-state index is 0.169. The first kappa shape index (κ1) is 18.3. The maximum atomic E-state index is 11.5. The van der Waals surface area contributed by atoms with Crippen molar-refractivity contribution in [3.63, 3.8) is 0 Å². The smallest absolute Gasteiger partial charge is 0.169 e. The zero-order valence-corrected chi connectivity index (χ0v) is 16.3. The third-order valence-corrected chi connectivity index (χ3v) is 5.94. The Labute approximate surface area is 155 Å². The highest BCUT2D eigenvalue weighted by Gasteiger charge is 2.24. The quantitative estimate of drug-likeness (QED) is 0.699. The standard InChI is InChI=1S/C21H28N2OS/c1-16(24)21-12-18(15-25-21)14-23-11-5-4-6-20(23)19-9-7-17(8-10-19)13-22(2)3/h7-10,12,15,20H,4-6,11,13-14H2,1-3H3/t20-/m0/s1. The molecule has 0 spiro atoms. The summed E-state index contributed by atoms with van der Waals surface area (Å²) < 4.78 is 0. The van der Waals surface area contributed by atoms with Gasteiger partial charge in [0.05, 0.1) is 4.88 Å². The van der Waals surface area contributed by atoms with Gasteiger partial charge in [0.15, 0.2) is 5.78 Å². The van der Waals surface area contributed by atoms with Crippen LogP contribution in [0.2, 0.25) is 0 Å². The lowest BCUT2D eigenvalue weighted by Gasteiger charge is -2.36. The Hall–Kier alpha value is -1.49. The molecule has 4 heteroatoms. The number of likely N-dealkylation sites (tertiary alicyclic amines) is 1. The minimum atomic E-state index is 0.169. The van der Waals surface area contributed by atoms with E-state index in [1.165, 1.54) is 36.0 Å². The van der Waals surface area contributed by atoms with Crippen LogP contribution < -0.4 is 0 Å². The summed E-state index contributed by atoms with van der Waals surface area (Å²) in [6.07, 6.45) is 3.78. The molecular formula is C21H28N2OS. The second-order valence-electron chi connectivity index (χ2n) is 7.34. The molecule has 1 atom stereocenters. The van der Waals surface area contributed by atoms with E-state index >= 15 is 0 Å². The second-order valence-corrected chi connectivity index (χ2v) is 8.25. The average molecular weight is 357 g/mol. The predicted molar refractivity (Wildman–Crippen MR) is 105 cm³/mol. The Morgan fingerprint density at radius 2 is 1.96 bits per heavy atom. The van der Waals surface area contributed by atoms with Crippen LogP contribution in [0.25, 0.3) is 0 Å². The van der Waals surface area contributed by atoms with Crippen LogP contribution in [0.1, 0.15) is 58.6 Å². The number of thiophene rings is 1. The van der Waals surface area contributed by atoms with Gasteiger partial charge < -0.3 is 4.90 Å². The van der Waals surface area contributed by atoms with Gasteiger partial charge >= 0.3 is 0 Å². The fraction of sp³-hybridized carbons (Fsp3) is 0.476. The maximum absolute atomic E-state index is 11.5. The molecule has 2 aromatic rings. The molecule has 3 rings (SSSR count). The summed E-state index contributed by atoms with van der Waals surface area (Å²) in [5.74, 6) is 0.169. The number of hydrogen-bond donors (Lipinski definition) is 0. The van der Waals surface area contributed by atoms with Crippen molar-refractivity contribution in [2.75, 3.05) is 20.6 Å². The van der Waals surface area contributed by atoms with E-state index in [9.17, 15) is 4.79 Å². The lowest BCUT2D eigenvalue weighted by Crippen LogP contribution is -2.32. The van der Waals surface area contributed by atoms with Gasteiger partial charge in [-0.25, -0.2) is 0 Å². The fourth-order valence-corrected chi connectivity index (χ4v) is 4.45. The van der Waals surface area contributed by atoms with Gasteiger partial charge in [-0.2, -0.15) is 0 Å². The molecule has 0 saturated carbocycles. The van der Waals surface area contributed by atoms with Gasteiger partial charge in [-0.1, -0.05) is 30.7 Å². The number of ketones is 1. The number of carbonyl (C=O) groups is 1. The van der Waals surface area contributed by atoms with Gasteiger partial charge in [0.25, 0.3) is 0 Å². The van der Waals surface area contributed by atoms with Crippen molar-refractivity contribution >= 4 is 17.1 Å². The molecule has 0 aliphatic carbocycles. The normalized spacial score (nSPS) is 18.6. The van der Waals surface area contributed by atoms with Crippen LogP contribution in [0.5, 0.6) is 0 Å². The van der Waals surface area contributed by atoms with Crippen molar-refractivity contribution in [2.45, 2.75) is 45.3 Å². The first-order valence-electron chi connectivity index (χ1n) is 9.09. The summed E-state index contributed by atoms with van der Waals surface area (Å²) in [5.41, 5.74) is 4.05. The number of benzene rings is 1. The summed E-state index contributed by atoms with van der Waals surface area (Å²) in [7, 11) is 4.21. The monoisotopic (exact) mass is 356 g/mol. The highest BCUT2D eigenvalue weighted by atomic mass is 32.1. The molecule has 1 aromatic heterocycles. The number of rotatable bonds is 6. The molecule has 25 heavy (non-hydrogen) atoms. The molecule has 0 amide bonds. The molecule has 1 saturated heterocycles. The molecule has 134 valence electrons. The van der Waals surface area contributed by atoms with E-state index in [0.717, 1.165) is 24.5 Å². The molecule has 1 aromatic carbocycles. The Morgan fingerprint density at radius 3 is 2.60 bits per heavy atom. The SMILES string of the molecule is CC(=O)c1cc(CN2CCCC[C@H]2c2ccc(CN(C)C)cc2)cs1. The fourth-order valence-electron chi connectivity index (χ4n) is 3.65. The third kappa shape index (κ3) is 4.78. The molecule has 3 nitrogen and oxygen atoms in total. The molecule has 2 heterocycles. The van der Waals surface area contributed by atoms with Crippen molar-refractivity contribution in [1.82, 2.24) is 9.80 Å². The number of carbonyl (C=O) groups excluding carboxylic acids is 1. The summed E-state index contributed by atoms with van der Waals surface area (Å²) in [6, 6.07) is 11.7. The van der Waals surface area contributed by atoms with Crippen LogP contribution in [-0.2, 0) is 13.1 Å². The number of nitrogens with zero attached hydrogens (tertiary/aromatic N) is 2. The minimum Gasteiger partial charge on any atom is -0.305 e. The highest BCUT2D eigenvalue weighted by molar-refractivity contribution is 7.12. The summed E-state index contributed by atoms with van der Waals surface area (Å²) in [6.45, 7) is 4.70. The largest absolute Gasteiger partial charge is 0.305 e. The van der Waals surface area contributed by atoms with Crippen molar-refractivity contribution in [1.29, 1.82) is 0 Å². The van der Waals surface area contributed by atoms with Gasteiger partial charge in [-0.3, -0.25) is 9.69 Å². The molecule has 1 fully saturated rings. The van der Waals surface area contributed by atoms with E-state index in [4.69, 9.17) is 0 Å². The van der Waals surface area contributed by atoms with E-state index in [-0.39, 0.29) is 5.78 Å². The van der Waals surface area contributed by atoms with Crippen LogP contribution in [0.15, 0.2) is 35.7 Å². The zero-order chi connectivity index (χ0) is 17.8. The molecular weight excluding hydrogens is 328 g/mol. The molecule has 0 unspecified atom stereocenters. The molecule has 1 aliphatic heterocycles. The first-order chi connectivity index (χ1) is 12.0. The zero-order valence-electron chi connectivity index (χ0n) is 15.5. The molecule has 0 N–H and O–H groups in total. The number of hydrogen-bond acceptors (Lipinski definition) is 4. The van der Waals surface area contributed by atoms with E-state index in [2.05, 4.69) is 59.6 Å². The predicted octanol–water partition coefficient (Wildman–Crippen LogP) is 4.74.